The van der Waals surface area contributed by atoms with Gasteiger partial charge in [0.15, 0.2) is 0 Å². The van der Waals surface area contributed by atoms with Crippen molar-refractivity contribution in [1.29, 1.82) is 0 Å². The van der Waals surface area contributed by atoms with Crippen LogP contribution >= 0.6 is 0 Å². The molecule has 110 valence electrons. The molecule has 0 bridgehead atoms. The van der Waals surface area contributed by atoms with Crippen LogP contribution in [0.4, 0.5) is 0 Å². The molecule has 0 spiro atoms. The van der Waals surface area contributed by atoms with Gasteiger partial charge in [-0.1, -0.05) is 0 Å². The third kappa shape index (κ3) is 3.06. The average molecular weight is 275 g/mol. The molecule has 4 nitrogen and oxygen atoms in total. The third-order valence-corrected chi connectivity index (χ3v) is 4.57. The van der Waals surface area contributed by atoms with E-state index >= 15 is 0 Å². The van der Waals surface area contributed by atoms with Gasteiger partial charge in [-0.05, 0) is 44.7 Å². The van der Waals surface area contributed by atoms with Crippen LogP contribution in [0.5, 0.6) is 0 Å². The van der Waals surface area contributed by atoms with Crippen LogP contribution in [-0.4, -0.2) is 34.5 Å². The van der Waals surface area contributed by atoms with Crippen LogP contribution < -0.4 is 5.32 Å². The van der Waals surface area contributed by atoms with E-state index in [4.69, 9.17) is 0 Å². The summed E-state index contributed by atoms with van der Waals surface area (Å²) >= 11 is 0. The summed E-state index contributed by atoms with van der Waals surface area (Å²) in [4.78, 5) is 14.1. The Hall–Kier alpha value is -1.29. The van der Waals surface area contributed by atoms with Crippen molar-refractivity contribution in [3.63, 3.8) is 0 Å². The Kier molecular flexibility index (Phi) is 4.10. The summed E-state index contributed by atoms with van der Waals surface area (Å²) in [5.41, 5.74) is 1.35. The van der Waals surface area contributed by atoms with E-state index in [1.807, 2.05) is 0 Å². The smallest absolute Gasteiger partial charge is 0.225 e. The fourth-order valence-electron chi connectivity index (χ4n) is 3.06. The van der Waals surface area contributed by atoms with Gasteiger partial charge < -0.3 is 14.8 Å². The molecule has 1 saturated carbocycles. The molecule has 0 aromatic carbocycles. The van der Waals surface area contributed by atoms with Gasteiger partial charge in [-0.15, -0.1) is 0 Å². The minimum atomic E-state index is 0.368. The molecule has 1 N–H and O–H groups in total. The molecule has 0 unspecified atom stereocenters. The largest absolute Gasteiger partial charge is 0.351 e. The third-order valence-electron chi connectivity index (χ3n) is 4.57. The lowest BCUT2D eigenvalue weighted by Crippen LogP contribution is -2.45. The maximum Gasteiger partial charge on any atom is 0.225 e. The number of aromatic nitrogens is 1. The second-order valence-corrected chi connectivity index (χ2v) is 6.04. The quantitative estimate of drug-likeness (QED) is 0.892. The Balaban J connectivity index is 1.43. The zero-order chi connectivity index (χ0) is 13.9. The van der Waals surface area contributed by atoms with E-state index in [0.29, 0.717) is 17.9 Å². The van der Waals surface area contributed by atoms with Crippen LogP contribution in [0.1, 0.15) is 38.3 Å². The van der Waals surface area contributed by atoms with Crippen molar-refractivity contribution in [2.75, 3.05) is 13.1 Å². The number of rotatable bonds is 5. The molecule has 0 atom stereocenters. The zero-order valence-electron chi connectivity index (χ0n) is 12.3. The number of likely N-dealkylation sites (tertiary alicyclic amines) is 1. The van der Waals surface area contributed by atoms with Gasteiger partial charge in [0.25, 0.3) is 0 Å². The summed E-state index contributed by atoms with van der Waals surface area (Å²) < 4.78 is 2.28. The SMILES string of the molecule is CCn1cccc1CNC1CCN(C(=O)C2CC2)CC1. The van der Waals surface area contributed by atoms with Crippen molar-refractivity contribution in [2.45, 2.75) is 51.7 Å². The van der Waals surface area contributed by atoms with E-state index in [2.05, 4.69) is 40.0 Å². The lowest BCUT2D eigenvalue weighted by molar-refractivity contribution is -0.133. The summed E-state index contributed by atoms with van der Waals surface area (Å²) in [5, 5.41) is 3.64. The van der Waals surface area contributed by atoms with E-state index in [-0.39, 0.29) is 0 Å². The summed E-state index contributed by atoms with van der Waals surface area (Å²) in [6, 6.07) is 4.85. The van der Waals surface area contributed by atoms with Crippen molar-refractivity contribution >= 4 is 5.91 Å². The first-order chi connectivity index (χ1) is 9.78. The van der Waals surface area contributed by atoms with Gasteiger partial charge in [0.05, 0.1) is 0 Å². The molecule has 1 aliphatic heterocycles. The summed E-state index contributed by atoms with van der Waals surface area (Å²) in [6.45, 7) is 6.00. The number of carbonyl (C=O) groups is 1. The van der Waals surface area contributed by atoms with E-state index in [9.17, 15) is 4.79 Å². The number of amides is 1. The molecule has 1 aromatic rings. The fourth-order valence-corrected chi connectivity index (χ4v) is 3.06. The number of hydrogen-bond donors (Lipinski definition) is 1. The summed E-state index contributed by atoms with van der Waals surface area (Å²) in [5.74, 6) is 0.774. The van der Waals surface area contributed by atoms with Gasteiger partial charge >= 0.3 is 0 Å². The Morgan fingerprint density at radius 3 is 2.70 bits per heavy atom. The van der Waals surface area contributed by atoms with Crippen molar-refractivity contribution in [3.05, 3.63) is 24.0 Å². The first kappa shape index (κ1) is 13.7. The normalized spacial score (nSPS) is 20.4. The minimum Gasteiger partial charge on any atom is -0.351 e. The van der Waals surface area contributed by atoms with Crippen molar-refractivity contribution in [1.82, 2.24) is 14.8 Å². The van der Waals surface area contributed by atoms with Crippen LogP contribution in [0.25, 0.3) is 0 Å². The lowest BCUT2D eigenvalue weighted by Gasteiger charge is -2.32. The first-order valence-electron chi connectivity index (χ1n) is 7.94. The molecule has 2 fully saturated rings. The van der Waals surface area contributed by atoms with Gasteiger partial charge in [0.2, 0.25) is 5.91 Å². The van der Waals surface area contributed by atoms with Crippen LogP contribution in [0.3, 0.4) is 0 Å². The molecule has 1 aliphatic carbocycles. The maximum atomic E-state index is 12.0. The number of nitrogens with zero attached hydrogens (tertiary/aromatic N) is 2. The monoisotopic (exact) mass is 275 g/mol. The predicted molar refractivity (Wildman–Crippen MR) is 79.3 cm³/mol. The highest BCUT2D eigenvalue weighted by Gasteiger charge is 2.34. The minimum absolute atomic E-state index is 0.368. The second-order valence-electron chi connectivity index (χ2n) is 6.04. The van der Waals surface area contributed by atoms with E-state index in [1.54, 1.807) is 0 Å². The Morgan fingerprint density at radius 2 is 2.05 bits per heavy atom. The van der Waals surface area contributed by atoms with E-state index in [0.717, 1.165) is 51.9 Å². The second kappa shape index (κ2) is 6.00. The standard InChI is InChI=1S/C16H25N3O/c1-2-18-9-3-4-15(18)12-17-14-7-10-19(11-8-14)16(20)13-5-6-13/h3-4,9,13-14,17H,2,5-8,10-12H2,1H3. The number of aryl methyl sites for hydroxylation is 1. The van der Waals surface area contributed by atoms with Gasteiger partial charge in [0, 0.05) is 50.0 Å². The molecular formula is C16H25N3O. The Bertz CT molecular complexity index is 456. The zero-order valence-corrected chi connectivity index (χ0v) is 12.3. The number of nitrogens with one attached hydrogen (secondary N) is 1. The van der Waals surface area contributed by atoms with Crippen LogP contribution in [0.15, 0.2) is 18.3 Å². The molecule has 3 rings (SSSR count). The molecule has 20 heavy (non-hydrogen) atoms. The van der Waals surface area contributed by atoms with Crippen LogP contribution in [0, 0.1) is 5.92 Å². The Morgan fingerprint density at radius 1 is 1.30 bits per heavy atom. The van der Waals surface area contributed by atoms with Gasteiger partial charge in [-0.25, -0.2) is 0 Å². The number of hydrogen-bond acceptors (Lipinski definition) is 2. The molecule has 2 aliphatic rings. The molecule has 1 aromatic heterocycles. The van der Waals surface area contributed by atoms with Gasteiger partial charge in [0.1, 0.15) is 0 Å². The highest BCUT2D eigenvalue weighted by molar-refractivity contribution is 5.81. The number of carbonyl (C=O) groups excluding carboxylic acids is 1. The molecule has 4 heteroatoms. The van der Waals surface area contributed by atoms with Gasteiger partial charge in [-0.3, -0.25) is 4.79 Å². The lowest BCUT2D eigenvalue weighted by atomic mass is 10.0. The Labute approximate surface area is 121 Å². The summed E-state index contributed by atoms with van der Waals surface area (Å²) in [6.07, 6.45) is 6.54. The molecule has 2 heterocycles. The molecule has 1 amide bonds. The van der Waals surface area contributed by atoms with E-state index in [1.165, 1.54) is 5.69 Å². The van der Waals surface area contributed by atoms with Crippen LogP contribution in [-0.2, 0) is 17.9 Å². The first-order valence-corrected chi connectivity index (χ1v) is 7.94. The fraction of sp³-hybridized carbons (Fsp3) is 0.688. The highest BCUT2D eigenvalue weighted by Crippen LogP contribution is 2.31. The van der Waals surface area contributed by atoms with Gasteiger partial charge in [-0.2, -0.15) is 0 Å². The predicted octanol–water partition coefficient (Wildman–Crippen LogP) is 2.00. The number of piperidine rings is 1. The van der Waals surface area contributed by atoms with Crippen molar-refractivity contribution < 1.29 is 4.79 Å². The molecular weight excluding hydrogens is 250 g/mol. The molecule has 1 saturated heterocycles. The van der Waals surface area contributed by atoms with Crippen molar-refractivity contribution in [3.8, 4) is 0 Å². The van der Waals surface area contributed by atoms with E-state index < -0.39 is 0 Å². The topological polar surface area (TPSA) is 37.3 Å². The average Bonchev–Trinajstić information content (AvgIpc) is 3.24. The highest BCUT2D eigenvalue weighted by atomic mass is 16.2. The van der Waals surface area contributed by atoms with Crippen molar-refractivity contribution in [2.24, 2.45) is 5.92 Å². The summed E-state index contributed by atoms with van der Waals surface area (Å²) in [7, 11) is 0. The van der Waals surface area contributed by atoms with Crippen LogP contribution in [0.2, 0.25) is 0 Å². The maximum absolute atomic E-state index is 12.0. The molecule has 0 radical (unpaired) electrons.